The van der Waals surface area contributed by atoms with Crippen molar-refractivity contribution in [3.05, 3.63) is 92.1 Å². The second-order valence-corrected chi connectivity index (χ2v) is 9.38. The van der Waals surface area contributed by atoms with E-state index in [9.17, 15) is 19.9 Å². The van der Waals surface area contributed by atoms with Gasteiger partial charge in [-0.3, -0.25) is 9.59 Å². The zero-order valence-corrected chi connectivity index (χ0v) is 20.2. The number of amides is 1. The molecule has 2 heterocycles. The predicted molar refractivity (Wildman–Crippen MR) is 129 cm³/mol. The molecular formula is C24H20Cl2N5O4-. The molecule has 3 atom stereocenters. The molecule has 2 unspecified atom stereocenters. The number of aliphatic carboxylic acids is 1. The van der Waals surface area contributed by atoms with Gasteiger partial charge in [-0.1, -0.05) is 35.3 Å². The van der Waals surface area contributed by atoms with Crippen LogP contribution >= 0.6 is 23.2 Å². The highest BCUT2D eigenvalue weighted by atomic mass is 35.5. The SMILES string of the molecule is CC(NC(=O)c1cnc2n1[C@](C)(Cc1ccc(C#N)cc1)N([O-])C2c1cc(Cl)cc(Cl)c1)C(=O)O. The third-order valence-corrected chi connectivity index (χ3v) is 6.43. The van der Waals surface area contributed by atoms with Crippen LogP contribution in [0.2, 0.25) is 10.0 Å². The molecule has 35 heavy (non-hydrogen) atoms. The third kappa shape index (κ3) is 4.49. The van der Waals surface area contributed by atoms with Crippen molar-refractivity contribution in [2.24, 2.45) is 0 Å². The van der Waals surface area contributed by atoms with Crippen molar-refractivity contribution >= 4 is 35.1 Å². The summed E-state index contributed by atoms with van der Waals surface area (Å²) in [6.07, 6.45) is 1.49. The number of nitriles is 1. The number of carboxylic acids is 1. The number of fused-ring (bicyclic) bond motifs is 1. The van der Waals surface area contributed by atoms with Crippen LogP contribution in [0.15, 0.2) is 48.7 Å². The summed E-state index contributed by atoms with van der Waals surface area (Å²) in [5.41, 5.74) is 0.446. The first-order valence-electron chi connectivity index (χ1n) is 10.6. The highest BCUT2D eigenvalue weighted by Crippen LogP contribution is 2.46. The number of aromatic nitrogens is 2. The third-order valence-electron chi connectivity index (χ3n) is 6.00. The lowest BCUT2D eigenvalue weighted by molar-refractivity contribution is -0.138. The second-order valence-electron chi connectivity index (χ2n) is 8.50. The van der Waals surface area contributed by atoms with Crippen molar-refractivity contribution in [2.75, 3.05) is 0 Å². The van der Waals surface area contributed by atoms with Gasteiger partial charge in [0.2, 0.25) is 0 Å². The maximum absolute atomic E-state index is 13.9. The summed E-state index contributed by atoms with van der Waals surface area (Å²) in [4.78, 5) is 28.7. The highest BCUT2D eigenvalue weighted by molar-refractivity contribution is 6.34. The van der Waals surface area contributed by atoms with E-state index in [4.69, 9.17) is 28.5 Å². The number of benzene rings is 2. The minimum atomic E-state index is -1.32. The van der Waals surface area contributed by atoms with Crippen molar-refractivity contribution in [1.29, 1.82) is 5.26 Å². The van der Waals surface area contributed by atoms with Crippen molar-refractivity contribution in [3.8, 4) is 6.07 Å². The lowest BCUT2D eigenvalue weighted by atomic mass is 9.99. The Labute approximate surface area is 211 Å². The monoisotopic (exact) mass is 512 g/mol. The van der Waals surface area contributed by atoms with Crippen molar-refractivity contribution in [2.45, 2.75) is 38.0 Å². The molecule has 0 bridgehead atoms. The smallest absolute Gasteiger partial charge is 0.325 e. The van der Waals surface area contributed by atoms with Crippen LogP contribution in [0.25, 0.3) is 0 Å². The number of imidazole rings is 1. The van der Waals surface area contributed by atoms with Crippen LogP contribution in [0.3, 0.4) is 0 Å². The number of halogens is 2. The van der Waals surface area contributed by atoms with Crippen LogP contribution in [0.4, 0.5) is 0 Å². The molecule has 0 spiro atoms. The maximum Gasteiger partial charge on any atom is 0.325 e. The summed E-state index contributed by atoms with van der Waals surface area (Å²) in [6, 6.07) is 11.5. The minimum absolute atomic E-state index is 0.0423. The summed E-state index contributed by atoms with van der Waals surface area (Å²) < 4.78 is 1.53. The van der Waals surface area contributed by atoms with E-state index in [1.807, 2.05) is 0 Å². The standard InChI is InChI=1S/C24H20Cl2N5O4/c1-13(23(33)34)29-22(32)19-12-28-21-20(16-7-17(25)9-18(26)8-16)31(35)24(2,30(19)21)10-14-3-5-15(11-27)6-4-14/h3-9,12-13,20H,10H2,1-2H3,(H,29,32)(H,33,34)/q-1/t13?,20?,24-/m0/s1. The number of carbonyl (C=O) groups excluding carboxylic acids is 1. The van der Waals surface area contributed by atoms with Gasteiger partial charge in [-0.25, -0.2) is 4.98 Å². The molecule has 0 radical (unpaired) electrons. The van der Waals surface area contributed by atoms with Crippen LogP contribution in [0, 0.1) is 16.5 Å². The summed E-state index contributed by atoms with van der Waals surface area (Å²) in [6.45, 7) is 3.01. The summed E-state index contributed by atoms with van der Waals surface area (Å²) in [5, 5.41) is 36.1. The fourth-order valence-electron chi connectivity index (χ4n) is 4.30. The van der Waals surface area contributed by atoms with Gasteiger partial charge in [-0.05, 0) is 55.3 Å². The van der Waals surface area contributed by atoms with E-state index in [0.717, 1.165) is 10.6 Å². The lowest BCUT2D eigenvalue weighted by Crippen LogP contribution is -2.45. The van der Waals surface area contributed by atoms with Gasteiger partial charge >= 0.3 is 5.97 Å². The van der Waals surface area contributed by atoms with Gasteiger partial charge in [0.05, 0.1) is 29.5 Å². The quantitative estimate of drug-likeness (QED) is 0.507. The van der Waals surface area contributed by atoms with Crippen LogP contribution in [0.5, 0.6) is 0 Å². The highest BCUT2D eigenvalue weighted by Gasteiger charge is 2.46. The van der Waals surface area contributed by atoms with Gasteiger partial charge in [0.1, 0.15) is 17.6 Å². The predicted octanol–water partition coefficient (Wildman–Crippen LogP) is 4.08. The van der Waals surface area contributed by atoms with Gasteiger partial charge in [0, 0.05) is 16.5 Å². The van der Waals surface area contributed by atoms with Gasteiger partial charge < -0.3 is 25.3 Å². The number of nitrogens with one attached hydrogen (secondary N) is 1. The first-order valence-corrected chi connectivity index (χ1v) is 11.3. The zero-order valence-electron chi connectivity index (χ0n) is 18.7. The molecular weight excluding hydrogens is 493 g/mol. The molecule has 0 saturated heterocycles. The van der Waals surface area contributed by atoms with E-state index >= 15 is 0 Å². The zero-order chi connectivity index (χ0) is 25.5. The van der Waals surface area contributed by atoms with Crippen molar-refractivity contribution in [1.82, 2.24) is 19.9 Å². The Morgan fingerprint density at radius 1 is 1.26 bits per heavy atom. The molecule has 1 aromatic heterocycles. The fraction of sp³-hybridized carbons (Fsp3) is 0.250. The average molecular weight is 513 g/mol. The van der Waals surface area contributed by atoms with Crippen LogP contribution in [0.1, 0.15) is 52.9 Å². The van der Waals surface area contributed by atoms with Crippen LogP contribution in [-0.4, -0.2) is 37.6 Å². The average Bonchev–Trinajstić information content (AvgIpc) is 3.32. The molecule has 0 fully saturated rings. The second kappa shape index (κ2) is 9.32. The molecule has 2 N–H and O–H groups in total. The number of hydroxylamine groups is 2. The van der Waals surface area contributed by atoms with E-state index < -0.39 is 29.6 Å². The molecule has 1 amide bonds. The van der Waals surface area contributed by atoms with E-state index in [-0.39, 0.29) is 12.1 Å². The Hall–Kier alpha value is -3.42. The van der Waals surface area contributed by atoms with Crippen molar-refractivity contribution in [3.63, 3.8) is 0 Å². The molecule has 0 aliphatic carbocycles. The number of carbonyl (C=O) groups is 2. The van der Waals surface area contributed by atoms with Crippen LogP contribution < -0.4 is 5.32 Å². The van der Waals surface area contributed by atoms with E-state index in [1.54, 1.807) is 49.4 Å². The molecule has 1 aliphatic heterocycles. The van der Waals surface area contributed by atoms with Crippen LogP contribution in [-0.2, 0) is 16.9 Å². The molecule has 1 aliphatic rings. The van der Waals surface area contributed by atoms with Crippen molar-refractivity contribution < 1.29 is 14.7 Å². The van der Waals surface area contributed by atoms with Gasteiger partial charge in [-0.15, -0.1) is 0 Å². The first kappa shape index (κ1) is 24.7. The summed E-state index contributed by atoms with van der Waals surface area (Å²) >= 11 is 12.4. The summed E-state index contributed by atoms with van der Waals surface area (Å²) in [7, 11) is 0. The molecule has 3 aromatic rings. The molecule has 11 heteroatoms. The van der Waals surface area contributed by atoms with E-state index in [1.165, 1.54) is 17.7 Å². The Morgan fingerprint density at radius 3 is 2.46 bits per heavy atom. The number of nitrogens with zero attached hydrogens (tertiary/aromatic N) is 4. The molecule has 0 saturated carbocycles. The topological polar surface area (TPSA) is 134 Å². The largest absolute Gasteiger partial charge is 0.783 e. The molecule has 9 nitrogen and oxygen atoms in total. The Kier molecular flexibility index (Phi) is 6.58. The van der Waals surface area contributed by atoms with Gasteiger partial charge in [-0.2, -0.15) is 5.26 Å². The van der Waals surface area contributed by atoms with Gasteiger partial charge in [0.15, 0.2) is 0 Å². The number of hydrogen-bond acceptors (Lipinski definition) is 6. The lowest BCUT2D eigenvalue weighted by Gasteiger charge is -2.45. The normalized spacial score (nSPS) is 20.2. The summed E-state index contributed by atoms with van der Waals surface area (Å²) in [5.74, 6) is -1.58. The van der Waals surface area contributed by atoms with E-state index in [2.05, 4.69) is 16.4 Å². The Morgan fingerprint density at radius 2 is 1.89 bits per heavy atom. The first-order chi connectivity index (χ1) is 16.5. The molecule has 4 rings (SSSR count). The number of hydrogen-bond donors (Lipinski definition) is 2. The Balaban J connectivity index is 1.84. The molecule has 2 aromatic carbocycles. The van der Waals surface area contributed by atoms with Gasteiger partial charge in [0.25, 0.3) is 5.91 Å². The minimum Gasteiger partial charge on any atom is -0.783 e. The Bertz CT molecular complexity index is 1330. The maximum atomic E-state index is 13.9. The fourth-order valence-corrected chi connectivity index (χ4v) is 4.84. The van der Waals surface area contributed by atoms with E-state index in [0.29, 0.717) is 27.0 Å². The number of carboxylic acid groups (broad SMARTS) is 1. The number of rotatable bonds is 6. The molecule has 180 valence electrons.